The molecule has 1 aromatic carbocycles. The van der Waals surface area contributed by atoms with Gasteiger partial charge in [-0.15, -0.1) is 11.8 Å². The van der Waals surface area contributed by atoms with Gasteiger partial charge >= 0.3 is 5.97 Å². The highest BCUT2D eigenvalue weighted by atomic mass is 32.2. The van der Waals surface area contributed by atoms with E-state index in [-0.39, 0.29) is 5.37 Å². The molecule has 0 radical (unpaired) electrons. The van der Waals surface area contributed by atoms with Gasteiger partial charge in [-0.3, -0.25) is 10.1 Å². The number of carboxylic acids is 1. The summed E-state index contributed by atoms with van der Waals surface area (Å²) in [4.78, 5) is 10.9. The Morgan fingerprint density at radius 3 is 2.86 bits per heavy atom. The maximum Gasteiger partial charge on any atom is 0.321 e. The second-order valence-electron chi connectivity index (χ2n) is 5.69. The van der Waals surface area contributed by atoms with Gasteiger partial charge in [0, 0.05) is 12.2 Å². The summed E-state index contributed by atoms with van der Waals surface area (Å²) in [6, 6.07) is 5.79. The van der Waals surface area contributed by atoms with E-state index in [2.05, 4.69) is 38.2 Å². The molecule has 1 aliphatic heterocycles. The fraction of sp³-hybridized carbons (Fsp3) is 0.562. The summed E-state index contributed by atoms with van der Waals surface area (Å²) in [7, 11) is 0. The molecule has 0 aliphatic carbocycles. The highest BCUT2D eigenvalue weighted by Gasteiger charge is 2.28. The van der Waals surface area contributed by atoms with Gasteiger partial charge in [0.05, 0.1) is 12.0 Å². The molecule has 1 aliphatic rings. The van der Waals surface area contributed by atoms with Crippen molar-refractivity contribution in [3.8, 4) is 5.75 Å². The third-order valence-corrected chi connectivity index (χ3v) is 4.96. The standard InChI is InChI=1S/C16H23NO3S/c1-10(2)13-5-4-12(8-11(13)3)20-7-6-15-17-14(9-21-15)16(18)19/h4-5,8,10,14-15,17H,6-7,9H2,1-3H3,(H,18,19). The van der Waals surface area contributed by atoms with Gasteiger partial charge in [0.25, 0.3) is 0 Å². The van der Waals surface area contributed by atoms with E-state index in [9.17, 15) is 4.79 Å². The van der Waals surface area contributed by atoms with Crippen molar-refractivity contribution in [2.45, 2.75) is 44.5 Å². The van der Waals surface area contributed by atoms with Crippen LogP contribution >= 0.6 is 11.8 Å². The smallest absolute Gasteiger partial charge is 0.321 e. The van der Waals surface area contributed by atoms with Gasteiger partial charge in [-0.05, 0) is 36.1 Å². The fourth-order valence-electron chi connectivity index (χ4n) is 2.51. The van der Waals surface area contributed by atoms with E-state index in [0.717, 1.165) is 12.2 Å². The normalized spacial score (nSPS) is 21.7. The molecule has 2 atom stereocenters. The number of carboxylic acid groups (broad SMARTS) is 1. The van der Waals surface area contributed by atoms with Crippen LogP contribution in [0.15, 0.2) is 18.2 Å². The van der Waals surface area contributed by atoms with Crippen LogP contribution in [0.2, 0.25) is 0 Å². The summed E-state index contributed by atoms with van der Waals surface area (Å²) in [5.74, 6) is 1.26. The molecule has 1 aromatic rings. The van der Waals surface area contributed by atoms with E-state index in [0.29, 0.717) is 18.3 Å². The van der Waals surface area contributed by atoms with Crippen LogP contribution in [0.1, 0.15) is 37.3 Å². The number of nitrogens with one attached hydrogen (secondary N) is 1. The Hall–Kier alpha value is -1.20. The molecule has 2 unspecified atom stereocenters. The number of thioether (sulfide) groups is 1. The highest BCUT2D eigenvalue weighted by molar-refractivity contribution is 8.00. The average molecular weight is 309 g/mol. The van der Waals surface area contributed by atoms with Gasteiger partial charge < -0.3 is 9.84 Å². The van der Waals surface area contributed by atoms with Crippen molar-refractivity contribution >= 4 is 17.7 Å². The summed E-state index contributed by atoms with van der Waals surface area (Å²) in [6.07, 6.45) is 0.805. The SMILES string of the molecule is Cc1cc(OCCC2NC(C(=O)O)CS2)ccc1C(C)C. The van der Waals surface area contributed by atoms with E-state index in [1.165, 1.54) is 11.1 Å². The van der Waals surface area contributed by atoms with Gasteiger partial charge in [0.15, 0.2) is 0 Å². The number of ether oxygens (including phenoxy) is 1. The van der Waals surface area contributed by atoms with Crippen LogP contribution < -0.4 is 10.1 Å². The number of benzene rings is 1. The summed E-state index contributed by atoms with van der Waals surface area (Å²) in [5, 5.41) is 12.2. The predicted octanol–water partition coefficient (Wildman–Crippen LogP) is 3.00. The Balaban J connectivity index is 1.79. The Bertz CT molecular complexity index is 504. The third kappa shape index (κ3) is 4.38. The molecule has 116 valence electrons. The molecular weight excluding hydrogens is 286 g/mol. The first kappa shape index (κ1) is 16.2. The van der Waals surface area contributed by atoms with Crippen LogP contribution in [0.25, 0.3) is 0 Å². The summed E-state index contributed by atoms with van der Waals surface area (Å²) in [5.41, 5.74) is 2.60. The molecule has 1 fully saturated rings. The molecule has 0 saturated carbocycles. The van der Waals surface area contributed by atoms with Crippen LogP contribution in [-0.4, -0.2) is 34.9 Å². The molecule has 5 heteroatoms. The topological polar surface area (TPSA) is 58.6 Å². The minimum absolute atomic E-state index is 0.169. The maximum absolute atomic E-state index is 10.9. The molecular formula is C16H23NO3S. The lowest BCUT2D eigenvalue weighted by Gasteiger charge is -2.14. The van der Waals surface area contributed by atoms with Crippen LogP contribution in [0.3, 0.4) is 0 Å². The number of aliphatic carboxylic acids is 1. The molecule has 0 spiro atoms. The molecule has 4 nitrogen and oxygen atoms in total. The third-order valence-electron chi connectivity index (χ3n) is 3.66. The fourth-order valence-corrected chi connectivity index (χ4v) is 3.70. The van der Waals surface area contributed by atoms with Crippen molar-refractivity contribution in [3.63, 3.8) is 0 Å². The van der Waals surface area contributed by atoms with Crippen LogP contribution in [0, 0.1) is 6.92 Å². The van der Waals surface area contributed by atoms with E-state index in [1.54, 1.807) is 11.8 Å². The molecule has 0 amide bonds. The van der Waals surface area contributed by atoms with Crippen LogP contribution in [0.4, 0.5) is 0 Å². The molecule has 0 aromatic heterocycles. The van der Waals surface area contributed by atoms with Gasteiger partial charge in [-0.1, -0.05) is 19.9 Å². The Kier molecular flexibility index (Phi) is 5.53. The van der Waals surface area contributed by atoms with E-state index >= 15 is 0 Å². The monoisotopic (exact) mass is 309 g/mol. The molecule has 0 bridgehead atoms. The molecule has 2 rings (SSSR count). The largest absolute Gasteiger partial charge is 0.493 e. The van der Waals surface area contributed by atoms with E-state index < -0.39 is 12.0 Å². The average Bonchev–Trinajstić information content (AvgIpc) is 2.87. The first-order chi connectivity index (χ1) is 9.97. The Labute approximate surface area is 130 Å². The second kappa shape index (κ2) is 7.18. The van der Waals surface area contributed by atoms with Gasteiger partial charge in [-0.25, -0.2) is 0 Å². The lowest BCUT2D eigenvalue weighted by molar-refractivity contribution is -0.138. The number of carbonyl (C=O) groups is 1. The summed E-state index contributed by atoms with van der Waals surface area (Å²) in [6.45, 7) is 7.07. The van der Waals surface area contributed by atoms with Gasteiger partial charge in [0.2, 0.25) is 0 Å². The zero-order chi connectivity index (χ0) is 15.4. The first-order valence-corrected chi connectivity index (χ1v) is 8.36. The van der Waals surface area contributed by atoms with Crippen LogP contribution in [-0.2, 0) is 4.79 Å². The van der Waals surface area contributed by atoms with Crippen molar-refractivity contribution < 1.29 is 14.6 Å². The van der Waals surface area contributed by atoms with Crippen LogP contribution in [0.5, 0.6) is 5.75 Å². The lowest BCUT2D eigenvalue weighted by Crippen LogP contribution is -2.36. The number of rotatable bonds is 6. The molecule has 2 N–H and O–H groups in total. The molecule has 1 saturated heterocycles. The first-order valence-electron chi connectivity index (χ1n) is 7.31. The van der Waals surface area contributed by atoms with Gasteiger partial charge in [0.1, 0.15) is 11.8 Å². The zero-order valence-electron chi connectivity index (χ0n) is 12.8. The maximum atomic E-state index is 10.9. The number of aryl methyl sites for hydroxylation is 1. The highest BCUT2D eigenvalue weighted by Crippen LogP contribution is 2.25. The Morgan fingerprint density at radius 1 is 1.52 bits per heavy atom. The quantitative estimate of drug-likeness (QED) is 0.846. The van der Waals surface area contributed by atoms with E-state index in [1.807, 2.05) is 6.07 Å². The van der Waals surface area contributed by atoms with Gasteiger partial charge in [-0.2, -0.15) is 0 Å². The lowest BCUT2D eigenvalue weighted by atomic mass is 9.98. The van der Waals surface area contributed by atoms with E-state index in [4.69, 9.17) is 9.84 Å². The number of hydrogen-bond acceptors (Lipinski definition) is 4. The number of hydrogen-bond donors (Lipinski definition) is 2. The zero-order valence-corrected chi connectivity index (χ0v) is 13.6. The van der Waals surface area contributed by atoms with Crippen molar-refractivity contribution in [3.05, 3.63) is 29.3 Å². The van der Waals surface area contributed by atoms with Crippen molar-refractivity contribution in [1.29, 1.82) is 0 Å². The molecule has 1 heterocycles. The van der Waals surface area contributed by atoms with Crippen molar-refractivity contribution in [2.75, 3.05) is 12.4 Å². The summed E-state index contributed by atoms with van der Waals surface area (Å²) < 4.78 is 5.78. The Morgan fingerprint density at radius 2 is 2.29 bits per heavy atom. The van der Waals surface area contributed by atoms with Crippen molar-refractivity contribution in [2.24, 2.45) is 0 Å². The molecule has 21 heavy (non-hydrogen) atoms. The minimum Gasteiger partial charge on any atom is -0.493 e. The predicted molar refractivity (Wildman–Crippen MR) is 86.2 cm³/mol. The van der Waals surface area contributed by atoms with Crippen molar-refractivity contribution in [1.82, 2.24) is 5.32 Å². The summed E-state index contributed by atoms with van der Waals surface area (Å²) >= 11 is 1.65. The minimum atomic E-state index is -0.772. The second-order valence-corrected chi connectivity index (χ2v) is 6.93.